The van der Waals surface area contributed by atoms with Crippen LogP contribution in [0.5, 0.6) is 0 Å². The van der Waals surface area contributed by atoms with Crippen LogP contribution in [0.25, 0.3) is 0 Å². The molecule has 0 unspecified atom stereocenters. The molecular formula is C17H19F3N2O2. The van der Waals surface area contributed by atoms with Crippen LogP contribution in [0.2, 0.25) is 0 Å². The van der Waals surface area contributed by atoms with Gasteiger partial charge in [0, 0.05) is 16.8 Å². The van der Waals surface area contributed by atoms with Gasteiger partial charge >= 0.3 is 6.18 Å². The number of amides is 1. The van der Waals surface area contributed by atoms with Crippen molar-refractivity contribution in [1.29, 1.82) is 0 Å². The van der Waals surface area contributed by atoms with Crippen molar-refractivity contribution in [1.82, 2.24) is 10.9 Å². The minimum absolute atomic E-state index is 0.0566. The standard InChI is InChI=1S/C17H19F3N2O2/c1-11-7-9-12(10-8-11)16(24)22-21-14-6-4-2-3-5-13(14)15(23)17(18,19)20/h7-10,21H,2-6H2,1H3,(H,22,24). The molecule has 0 saturated heterocycles. The molecule has 0 atom stereocenters. The van der Waals surface area contributed by atoms with Gasteiger partial charge in [0.15, 0.2) is 0 Å². The number of halogens is 3. The Kier molecular flexibility index (Phi) is 5.64. The first kappa shape index (κ1) is 18.0. The maximum atomic E-state index is 12.7. The molecule has 1 aliphatic carbocycles. The summed E-state index contributed by atoms with van der Waals surface area (Å²) < 4.78 is 38.2. The lowest BCUT2D eigenvalue weighted by Crippen LogP contribution is -2.38. The van der Waals surface area contributed by atoms with Crippen LogP contribution in [0.15, 0.2) is 35.5 Å². The van der Waals surface area contributed by atoms with E-state index in [4.69, 9.17) is 0 Å². The number of aryl methyl sites for hydroxylation is 1. The van der Waals surface area contributed by atoms with Gasteiger partial charge in [-0.25, -0.2) is 0 Å². The smallest absolute Gasteiger partial charge is 0.302 e. The molecule has 0 aromatic heterocycles. The molecule has 0 saturated carbocycles. The average Bonchev–Trinajstić information content (AvgIpc) is 2.77. The number of nitrogens with one attached hydrogen (secondary N) is 2. The zero-order valence-electron chi connectivity index (χ0n) is 13.3. The third-order valence-electron chi connectivity index (χ3n) is 3.89. The Bertz CT molecular complexity index is 649. The lowest BCUT2D eigenvalue weighted by molar-refractivity contribution is -0.166. The third kappa shape index (κ3) is 4.59. The molecule has 1 aromatic rings. The molecule has 0 spiro atoms. The molecular weight excluding hydrogens is 321 g/mol. The second-order valence-electron chi connectivity index (χ2n) is 5.79. The molecule has 130 valence electrons. The van der Waals surface area contributed by atoms with Crippen molar-refractivity contribution in [2.24, 2.45) is 0 Å². The number of benzene rings is 1. The zero-order valence-corrected chi connectivity index (χ0v) is 13.3. The summed E-state index contributed by atoms with van der Waals surface area (Å²) >= 11 is 0. The van der Waals surface area contributed by atoms with E-state index in [9.17, 15) is 22.8 Å². The van der Waals surface area contributed by atoms with Crippen LogP contribution < -0.4 is 10.9 Å². The number of hydrazine groups is 1. The van der Waals surface area contributed by atoms with Crippen LogP contribution in [-0.4, -0.2) is 17.9 Å². The maximum Gasteiger partial charge on any atom is 0.454 e. The Morgan fingerprint density at radius 1 is 1.00 bits per heavy atom. The van der Waals surface area contributed by atoms with Gasteiger partial charge in [0.2, 0.25) is 0 Å². The lowest BCUT2D eigenvalue weighted by Gasteiger charge is -2.16. The zero-order chi connectivity index (χ0) is 17.7. The fourth-order valence-corrected chi connectivity index (χ4v) is 2.55. The summed E-state index contributed by atoms with van der Waals surface area (Å²) in [6.45, 7) is 1.88. The molecule has 2 rings (SSSR count). The van der Waals surface area contributed by atoms with Crippen LogP contribution in [-0.2, 0) is 4.79 Å². The van der Waals surface area contributed by atoms with Gasteiger partial charge in [-0.05, 0) is 44.7 Å². The number of Topliss-reactive ketones (excluding diaryl/α,β-unsaturated/α-hetero) is 1. The summed E-state index contributed by atoms with van der Waals surface area (Å²) in [4.78, 5) is 23.7. The topological polar surface area (TPSA) is 58.2 Å². The number of allylic oxidation sites excluding steroid dienone is 2. The van der Waals surface area contributed by atoms with E-state index < -0.39 is 17.9 Å². The van der Waals surface area contributed by atoms with Gasteiger partial charge in [-0.1, -0.05) is 24.1 Å². The Labute approximate surface area is 138 Å². The minimum Gasteiger partial charge on any atom is -0.302 e. The van der Waals surface area contributed by atoms with E-state index >= 15 is 0 Å². The normalized spacial score (nSPS) is 15.7. The molecule has 1 aliphatic rings. The number of rotatable bonds is 4. The van der Waals surface area contributed by atoms with Crippen molar-refractivity contribution in [3.8, 4) is 0 Å². The van der Waals surface area contributed by atoms with Gasteiger partial charge in [-0.2, -0.15) is 13.2 Å². The van der Waals surface area contributed by atoms with E-state index in [0.29, 0.717) is 24.8 Å². The van der Waals surface area contributed by atoms with E-state index in [2.05, 4.69) is 10.9 Å². The van der Waals surface area contributed by atoms with Crippen molar-refractivity contribution < 1.29 is 22.8 Å². The largest absolute Gasteiger partial charge is 0.454 e. The molecule has 0 radical (unpaired) electrons. The Morgan fingerprint density at radius 3 is 2.25 bits per heavy atom. The van der Waals surface area contributed by atoms with Crippen molar-refractivity contribution in [2.45, 2.75) is 45.2 Å². The number of hydrogen-bond acceptors (Lipinski definition) is 3. The van der Waals surface area contributed by atoms with Gasteiger partial charge in [0.05, 0.1) is 0 Å². The van der Waals surface area contributed by atoms with Crippen molar-refractivity contribution in [3.63, 3.8) is 0 Å². The first-order valence-electron chi connectivity index (χ1n) is 7.75. The maximum absolute atomic E-state index is 12.7. The average molecular weight is 340 g/mol. The molecule has 24 heavy (non-hydrogen) atoms. The monoisotopic (exact) mass is 340 g/mol. The molecule has 4 nitrogen and oxygen atoms in total. The Morgan fingerprint density at radius 2 is 1.62 bits per heavy atom. The second kappa shape index (κ2) is 7.51. The SMILES string of the molecule is Cc1ccc(C(=O)NNC2=C(C(=O)C(F)(F)F)CCCCC2)cc1. The highest BCUT2D eigenvalue weighted by Crippen LogP contribution is 2.29. The molecule has 7 heteroatoms. The first-order valence-corrected chi connectivity index (χ1v) is 7.75. The highest BCUT2D eigenvalue weighted by molar-refractivity contribution is 6.00. The van der Waals surface area contributed by atoms with Crippen LogP contribution in [0.3, 0.4) is 0 Å². The van der Waals surface area contributed by atoms with E-state index in [0.717, 1.165) is 12.0 Å². The Balaban J connectivity index is 2.13. The van der Waals surface area contributed by atoms with Crippen molar-refractivity contribution in [3.05, 3.63) is 46.7 Å². The van der Waals surface area contributed by atoms with E-state index in [1.54, 1.807) is 24.3 Å². The fourth-order valence-electron chi connectivity index (χ4n) is 2.55. The summed E-state index contributed by atoms with van der Waals surface area (Å²) in [5.41, 5.74) is 6.15. The molecule has 1 aromatic carbocycles. The van der Waals surface area contributed by atoms with Gasteiger partial charge in [-0.15, -0.1) is 0 Å². The fraction of sp³-hybridized carbons (Fsp3) is 0.412. The highest BCUT2D eigenvalue weighted by Gasteiger charge is 2.41. The van der Waals surface area contributed by atoms with Gasteiger partial charge in [-0.3, -0.25) is 15.0 Å². The Hall–Kier alpha value is -2.31. The third-order valence-corrected chi connectivity index (χ3v) is 3.89. The van der Waals surface area contributed by atoms with E-state index in [-0.39, 0.29) is 17.7 Å². The van der Waals surface area contributed by atoms with E-state index in [1.807, 2.05) is 6.92 Å². The van der Waals surface area contributed by atoms with Crippen molar-refractivity contribution >= 4 is 11.7 Å². The lowest BCUT2D eigenvalue weighted by atomic mass is 10.0. The minimum atomic E-state index is -4.91. The summed E-state index contributed by atoms with van der Waals surface area (Å²) in [6, 6.07) is 6.77. The molecule has 0 heterocycles. The summed E-state index contributed by atoms with van der Waals surface area (Å²) in [5.74, 6) is -2.30. The number of alkyl halides is 3. The molecule has 0 bridgehead atoms. The van der Waals surface area contributed by atoms with Gasteiger partial charge < -0.3 is 5.43 Å². The molecule has 0 fully saturated rings. The number of hydrogen-bond donors (Lipinski definition) is 2. The van der Waals surface area contributed by atoms with E-state index in [1.165, 1.54) is 0 Å². The van der Waals surface area contributed by atoms with Crippen LogP contribution in [0, 0.1) is 6.92 Å². The van der Waals surface area contributed by atoms with Gasteiger partial charge in [0.1, 0.15) is 0 Å². The molecule has 1 amide bonds. The predicted octanol–water partition coefficient (Wildman–Crippen LogP) is 3.58. The van der Waals surface area contributed by atoms with Crippen LogP contribution in [0.4, 0.5) is 13.2 Å². The number of carbonyl (C=O) groups excluding carboxylic acids is 2. The van der Waals surface area contributed by atoms with Crippen molar-refractivity contribution in [2.75, 3.05) is 0 Å². The molecule has 2 N–H and O–H groups in total. The summed E-state index contributed by atoms with van der Waals surface area (Å²) in [5, 5.41) is 0. The first-order chi connectivity index (χ1) is 11.3. The number of ketones is 1. The summed E-state index contributed by atoms with van der Waals surface area (Å²) in [6.07, 6.45) is -2.63. The van der Waals surface area contributed by atoms with Crippen LogP contribution >= 0.6 is 0 Å². The second-order valence-corrected chi connectivity index (χ2v) is 5.79. The quantitative estimate of drug-likeness (QED) is 0.824. The van der Waals surface area contributed by atoms with Gasteiger partial charge in [0.25, 0.3) is 11.7 Å². The molecule has 0 aliphatic heterocycles. The summed E-state index contributed by atoms with van der Waals surface area (Å²) in [7, 11) is 0. The predicted molar refractivity (Wildman–Crippen MR) is 83.0 cm³/mol. The highest BCUT2D eigenvalue weighted by atomic mass is 19.4. The van der Waals surface area contributed by atoms with Crippen LogP contribution in [0.1, 0.15) is 48.0 Å². The number of carbonyl (C=O) groups is 2.